The number of ether oxygens (including phenoxy) is 1. The summed E-state index contributed by atoms with van der Waals surface area (Å²) in [5.41, 5.74) is 3.20. The number of carbonyl (C=O) groups is 3. The second-order valence-electron chi connectivity index (χ2n) is 11.7. The zero-order valence-electron chi connectivity index (χ0n) is 27.1. The summed E-state index contributed by atoms with van der Waals surface area (Å²) in [6.45, 7) is 7.39. The van der Waals surface area contributed by atoms with Crippen molar-refractivity contribution in [1.29, 1.82) is 0 Å². The van der Waals surface area contributed by atoms with E-state index in [0.717, 1.165) is 22.4 Å². The van der Waals surface area contributed by atoms with Gasteiger partial charge in [0.25, 0.3) is 0 Å². The van der Waals surface area contributed by atoms with Crippen LogP contribution in [0.2, 0.25) is 0 Å². The minimum Gasteiger partial charge on any atom is -0.463 e. The maximum Gasteiger partial charge on any atom is 0.309 e. The SMILES string of the molecule is C=CCCC(Cc1ccccc1)C(=O)OCC(CSCc1ccccc1)NC(=O)C(CC=C)CC(=O)NC(CO)Cc1ccccc1. The molecule has 2 amide bonds. The molecular formula is C39H48N2O5S. The van der Waals surface area contributed by atoms with Crippen LogP contribution in [0, 0.1) is 11.8 Å². The Morgan fingerprint density at radius 3 is 1.94 bits per heavy atom. The van der Waals surface area contributed by atoms with Crippen LogP contribution in [0.5, 0.6) is 0 Å². The van der Waals surface area contributed by atoms with Crippen molar-refractivity contribution in [2.24, 2.45) is 11.8 Å². The second-order valence-corrected chi connectivity index (χ2v) is 12.7. The molecule has 0 spiro atoms. The highest BCUT2D eigenvalue weighted by Gasteiger charge is 2.26. The third-order valence-corrected chi connectivity index (χ3v) is 8.92. The van der Waals surface area contributed by atoms with Crippen LogP contribution in [0.1, 0.15) is 42.4 Å². The maximum atomic E-state index is 13.6. The third kappa shape index (κ3) is 14.4. The molecule has 4 unspecified atom stereocenters. The average Bonchev–Trinajstić information content (AvgIpc) is 3.09. The Labute approximate surface area is 283 Å². The zero-order valence-corrected chi connectivity index (χ0v) is 27.9. The van der Waals surface area contributed by atoms with Gasteiger partial charge in [-0.15, -0.1) is 13.2 Å². The van der Waals surface area contributed by atoms with Gasteiger partial charge in [0.2, 0.25) is 11.8 Å². The summed E-state index contributed by atoms with van der Waals surface area (Å²) >= 11 is 1.64. The Bertz CT molecular complexity index is 1370. The first-order chi connectivity index (χ1) is 22.9. The molecule has 250 valence electrons. The van der Waals surface area contributed by atoms with Gasteiger partial charge in [-0.1, -0.05) is 103 Å². The summed E-state index contributed by atoms with van der Waals surface area (Å²) in [6, 6.07) is 28.6. The number of hydrogen-bond donors (Lipinski definition) is 3. The molecule has 0 saturated heterocycles. The quantitative estimate of drug-likeness (QED) is 0.0896. The van der Waals surface area contributed by atoms with Crippen molar-refractivity contribution in [3.05, 3.63) is 133 Å². The predicted octanol–water partition coefficient (Wildman–Crippen LogP) is 6.08. The second kappa shape index (κ2) is 21.6. The number of hydrogen-bond acceptors (Lipinski definition) is 6. The van der Waals surface area contributed by atoms with E-state index in [2.05, 4.69) is 23.8 Å². The summed E-state index contributed by atoms with van der Waals surface area (Å²) in [6.07, 6.45) is 6.00. The number of carbonyl (C=O) groups excluding carboxylic acids is 3. The van der Waals surface area contributed by atoms with Crippen molar-refractivity contribution in [3.8, 4) is 0 Å². The highest BCUT2D eigenvalue weighted by Crippen LogP contribution is 2.19. The number of esters is 1. The lowest BCUT2D eigenvalue weighted by Crippen LogP contribution is -2.46. The smallest absolute Gasteiger partial charge is 0.309 e. The number of nitrogens with one attached hydrogen (secondary N) is 2. The summed E-state index contributed by atoms with van der Waals surface area (Å²) in [7, 11) is 0. The van der Waals surface area contributed by atoms with Crippen molar-refractivity contribution in [3.63, 3.8) is 0 Å². The summed E-state index contributed by atoms with van der Waals surface area (Å²) in [4.78, 5) is 39.9. The van der Waals surface area contributed by atoms with E-state index in [1.807, 2.05) is 91.0 Å². The molecule has 3 N–H and O–H groups in total. The Morgan fingerprint density at radius 2 is 1.36 bits per heavy atom. The number of benzene rings is 3. The normalized spacial score (nSPS) is 13.4. The fourth-order valence-corrected chi connectivity index (χ4v) is 6.23. The van der Waals surface area contributed by atoms with Gasteiger partial charge in [-0.2, -0.15) is 11.8 Å². The van der Waals surface area contributed by atoms with Gasteiger partial charge in [0.05, 0.1) is 30.5 Å². The molecule has 0 bridgehead atoms. The van der Waals surface area contributed by atoms with Crippen molar-refractivity contribution < 1.29 is 24.2 Å². The Balaban J connectivity index is 1.64. The molecule has 3 aromatic carbocycles. The van der Waals surface area contributed by atoms with E-state index in [9.17, 15) is 19.5 Å². The molecule has 0 saturated carbocycles. The van der Waals surface area contributed by atoms with Gasteiger partial charge in [-0.3, -0.25) is 14.4 Å². The van der Waals surface area contributed by atoms with E-state index >= 15 is 0 Å². The fourth-order valence-electron chi connectivity index (χ4n) is 5.22. The Morgan fingerprint density at radius 1 is 0.766 bits per heavy atom. The molecule has 4 atom stereocenters. The molecule has 3 rings (SSSR count). The van der Waals surface area contributed by atoms with E-state index in [0.29, 0.717) is 37.9 Å². The lowest BCUT2D eigenvalue weighted by Gasteiger charge is -2.24. The highest BCUT2D eigenvalue weighted by atomic mass is 32.2. The van der Waals surface area contributed by atoms with Gasteiger partial charge in [0, 0.05) is 17.9 Å². The summed E-state index contributed by atoms with van der Waals surface area (Å²) < 4.78 is 5.86. The van der Waals surface area contributed by atoms with E-state index in [1.165, 1.54) is 0 Å². The lowest BCUT2D eigenvalue weighted by atomic mass is 9.95. The van der Waals surface area contributed by atoms with Gasteiger partial charge >= 0.3 is 5.97 Å². The molecule has 0 fully saturated rings. The standard InChI is InChI=1S/C39H48N2O5S/c1-3-5-22-34(23-30-16-9-6-10-17-30)39(45)46-27-36(29-47-28-32-20-13-8-14-21-32)41-38(44)33(15-4-2)25-37(43)40-35(26-42)24-31-18-11-7-12-19-31/h3-4,6-14,16-21,33-36,42H,1-2,5,15,22-29H2,(H,40,43)(H,41,44). The molecule has 0 aliphatic carbocycles. The van der Waals surface area contributed by atoms with Crippen LogP contribution >= 0.6 is 11.8 Å². The van der Waals surface area contributed by atoms with Gasteiger partial charge < -0.3 is 20.5 Å². The number of aliphatic hydroxyl groups excluding tert-OH is 1. The molecule has 0 aliphatic rings. The molecule has 7 nitrogen and oxygen atoms in total. The van der Waals surface area contributed by atoms with Crippen molar-refractivity contribution in [2.45, 2.75) is 56.4 Å². The number of aliphatic hydroxyl groups is 1. The largest absolute Gasteiger partial charge is 0.463 e. The van der Waals surface area contributed by atoms with E-state index < -0.39 is 18.0 Å². The molecule has 0 aliphatic heterocycles. The average molecular weight is 657 g/mol. The summed E-state index contributed by atoms with van der Waals surface area (Å²) in [5, 5.41) is 15.8. The van der Waals surface area contributed by atoms with Crippen molar-refractivity contribution >= 4 is 29.5 Å². The molecule has 0 heterocycles. The van der Waals surface area contributed by atoms with Crippen molar-refractivity contribution in [1.82, 2.24) is 10.6 Å². The molecule has 47 heavy (non-hydrogen) atoms. The minimum absolute atomic E-state index is 0.0163. The van der Waals surface area contributed by atoms with E-state index in [1.54, 1.807) is 23.9 Å². The Kier molecular flexibility index (Phi) is 17.2. The van der Waals surface area contributed by atoms with Crippen LogP contribution < -0.4 is 10.6 Å². The fraction of sp³-hybridized carbons (Fsp3) is 0.359. The first-order valence-corrected chi connectivity index (χ1v) is 17.4. The number of thioether (sulfide) groups is 1. The first-order valence-electron chi connectivity index (χ1n) is 16.2. The van der Waals surface area contributed by atoms with Gasteiger partial charge in [-0.05, 0) is 48.8 Å². The van der Waals surface area contributed by atoms with Crippen LogP contribution in [0.3, 0.4) is 0 Å². The third-order valence-electron chi connectivity index (χ3n) is 7.75. The maximum absolute atomic E-state index is 13.6. The summed E-state index contributed by atoms with van der Waals surface area (Å²) in [5.74, 6) is -0.693. The number of allylic oxidation sites excluding steroid dienone is 2. The molecule has 0 radical (unpaired) electrons. The van der Waals surface area contributed by atoms with E-state index in [4.69, 9.17) is 4.74 Å². The highest BCUT2D eigenvalue weighted by molar-refractivity contribution is 7.98. The van der Waals surface area contributed by atoms with Crippen LogP contribution in [0.15, 0.2) is 116 Å². The van der Waals surface area contributed by atoms with Crippen LogP contribution in [0.4, 0.5) is 0 Å². The van der Waals surface area contributed by atoms with Crippen LogP contribution in [-0.4, -0.2) is 53.9 Å². The predicted molar refractivity (Wildman–Crippen MR) is 191 cm³/mol. The monoisotopic (exact) mass is 656 g/mol. The first kappa shape index (κ1) is 37.3. The van der Waals surface area contributed by atoms with Gasteiger partial charge in [0.1, 0.15) is 6.61 Å². The topological polar surface area (TPSA) is 105 Å². The van der Waals surface area contributed by atoms with Crippen LogP contribution in [0.25, 0.3) is 0 Å². The Hall–Kier alpha value is -4.14. The van der Waals surface area contributed by atoms with Crippen molar-refractivity contribution in [2.75, 3.05) is 19.0 Å². The molecule has 3 aromatic rings. The lowest BCUT2D eigenvalue weighted by molar-refractivity contribution is -0.150. The van der Waals surface area contributed by atoms with Gasteiger partial charge in [0.15, 0.2) is 0 Å². The van der Waals surface area contributed by atoms with Gasteiger partial charge in [-0.25, -0.2) is 0 Å². The zero-order chi connectivity index (χ0) is 33.7. The molecule has 8 heteroatoms. The number of rotatable bonds is 22. The minimum atomic E-state index is -0.667. The molecular weight excluding hydrogens is 609 g/mol. The number of amides is 2. The van der Waals surface area contributed by atoms with E-state index in [-0.39, 0.29) is 43.3 Å². The van der Waals surface area contributed by atoms with Crippen LogP contribution in [-0.2, 0) is 37.7 Å². The molecule has 0 aromatic heterocycles.